The molecule has 1 aromatic carbocycles. The molecule has 0 radical (unpaired) electrons. The lowest BCUT2D eigenvalue weighted by molar-refractivity contribution is 0.475. The molecule has 2 rings (SSSR count). The van der Waals surface area contributed by atoms with Crippen molar-refractivity contribution in [2.45, 2.75) is 25.8 Å². The Kier molecular flexibility index (Phi) is 3.87. The molecule has 0 spiro atoms. The standard InChI is InChI=1S/C14H19N3O/c1-11(16-14-9-10-15-17(14)2)3-4-12-5-7-13(18)8-6-12/h5-11,16,18H,3-4H2,1-2H3/t11-/m0/s1. The molecule has 0 fully saturated rings. The van der Waals surface area contributed by atoms with Crippen LogP contribution in [-0.4, -0.2) is 20.9 Å². The number of nitrogens with zero attached hydrogens (tertiary/aromatic N) is 2. The Hall–Kier alpha value is -1.97. The lowest BCUT2D eigenvalue weighted by Crippen LogP contribution is -2.18. The van der Waals surface area contributed by atoms with Crippen LogP contribution in [0.1, 0.15) is 18.9 Å². The van der Waals surface area contributed by atoms with Crippen molar-refractivity contribution < 1.29 is 5.11 Å². The Bertz CT molecular complexity index is 490. The maximum absolute atomic E-state index is 9.21. The van der Waals surface area contributed by atoms with E-state index in [1.54, 1.807) is 18.3 Å². The van der Waals surface area contributed by atoms with Gasteiger partial charge in [-0.2, -0.15) is 5.10 Å². The summed E-state index contributed by atoms with van der Waals surface area (Å²) in [6.07, 6.45) is 3.82. The van der Waals surface area contributed by atoms with Gasteiger partial charge in [-0.25, -0.2) is 0 Å². The Balaban J connectivity index is 1.83. The lowest BCUT2D eigenvalue weighted by atomic mass is 10.1. The first-order valence-electron chi connectivity index (χ1n) is 6.17. The van der Waals surface area contributed by atoms with E-state index >= 15 is 0 Å². The Morgan fingerprint density at radius 1 is 1.28 bits per heavy atom. The van der Waals surface area contributed by atoms with Crippen molar-refractivity contribution in [3.05, 3.63) is 42.1 Å². The van der Waals surface area contributed by atoms with Gasteiger partial charge in [-0.3, -0.25) is 4.68 Å². The summed E-state index contributed by atoms with van der Waals surface area (Å²) in [4.78, 5) is 0. The number of nitrogens with one attached hydrogen (secondary N) is 1. The van der Waals surface area contributed by atoms with Crippen LogP contribution in [-0.2, 0) is 13.5 Å². The molecule has 0 aliphatic heterocycles. The van der Waals surface area contributed by atoms with Gasteiger partial charge in [-0.15, -0.1) is 0 Å². The molecule has 0 bridgehead atoms. The highest BCUT2D eigenvalue weighted by atomic mass is 16.3. The van der Waals surface area contributed by atoms with Crippen molar-refractivity contribution in [2.75, 3.05) is 5.32 Å². The van der Waals surface area contributed by atoms with E-state index in [1.165, 1.54) is 5.56 Å². The van der Waals surface area contributed by atoms with Crippen molar-refractivity contribution in [3.63, 3.8) is 0 Å². The van der Waals surface area contributed by atoms with Crippen molar-refractivity contribution in [3.8, 4) is 5.75 Å². The van der Waals surface area contributed by atoms with E-state index in [0.29, 0.717) is 11.8 Å². The first-order chi connectivity index (χ1) is 8.65. The quantitative estimate of drug-likeness (QED) is 0.851. The van der Waals surface area contributed by atoms with Gasteiger partial charge in [0.2, 0.25) is 0 Å². The van der Waals surface area contributed by atoms with Crippen LogP contribution < -0.4 is 5.32 Å². The topological polar surface area (TPSA) is 50.1 Å². The van der Waals surface area contributed by atoms with Crippen LogP contribution in [0.3, 0.4) is 0 Å². The van der Waals surface area contributed by atoms with Gasteiger partial charge in [0.25, 0.3) is 0 Å². The SMILES string of the molecule is C[C@@H](CCc1ccc(O)cc1)Nc1ccnn1C. The number of benzene rings is 1. The molecule has 1 heterocycles. The summed E-state index contributed by atoms with van der Waals surface area (Å²) in [6, 6.07) is 9.74. The van der Waals surface area contributed by atoms with Crippen molar-refractivity contribution in [2.24, 2.45) is 7.05 Å². The highest BCUT2D eigenvalue weighted by Gasteiger charge is 2.05. The van der Waals surface area contributed by atoms with Gasteiger partial charge >= 0.3 is 0 Å². The molecule has 18 heavy (non-hydrogen) atoms. The van der Waals surface area contributed by atoms with Gasteiger partial charge in [0.05, 0.1) is 6.20 Å². The average Bonchev–Trinajstić information content (AvgIpc) is 2.74. The monoisotopic (exact) mass is 245 g/mol. The fourth-order valence-corrected chi connectivity index (χ4v) is 1.89. The molecule has 4 nitrogen and oxygen atoms in total. The van der Waals surface area contributed by atoms with Gasteiger partial charge in [-0.05, 0) is 37.5 Å². The Labute approximate surface area is 107 Å². The zero-order valence-electron chi connectivity index (χ0n) is 10.8. The summed E-state index contributed by atoms with van der Waals surface area (Å²) in [5.41, 5.74) is 1.24. The maximum Gasteiger partial charge on any atom is 0.124 e. The van der Waals surface area contributed by atoms with Crippen LogP contribution >= 0.6 is 0 Å². The highest BCUT2D eigenvalue weighted by Crippen LogP contribution is 2.13. The van der Waals surface area contributed by atoms with Crippen LogP contribution in [0.15, 0.2) is 36.5 Å². The summed E-state index contributed by atoms with van der Waals surface area (Å²) in [5.74, 6) is 1.35. The molecule has 1 atom stereocenters. The molecular formula is C14H19N3O. The molecule has 2 N–H and O–H groups in total. The van der Waals surface area contributed by atoms with Crippen molar-refractivity contribution in [1.29, 1.82) is 0 Å². The summed E-state index contributed by atoms with van der Waals surface area (Å²) in [6.45, 7) is 2.16. The zero-order chi connectivity index (χ0) is 13.0. The van der Waals surface area contributed by atoms with Crippen LogP contribution in [0.5, 0.6) is 5.75 Å². The van der Waals surface area contributed by atoms with Gasteiger partial charge in [-0.1, -0.05) is 12.1 Å². The number of aromatic hydroxyl groups is 1. The molecule has 0 saturated carbocycles. The van der Waals surface area contributed by atoms with Gasteiger partial charge < -0.3 is 10.4 Å². The summed E-state index contributed by atoms with van der Waals surface area (Å²) in [7, 11) is 1.93. The van der Waals surface area contributed by atoms with E-state index in [-0.39, 0.29) is 0 Å². The average molecular weight is 245 g/mol. The molecule has 0 aliphatic carbocycles. The van der Waals surface area contributed by atoms with E-state index in [1.807, 2.05) is 29.9 Å². The number of rotatable bonds is 5. The van der Waals surface area contributed by atoms with Gasteiger partial charge in [0.15, 0.2) is 0 Å². The van der Waals surface area contributed by atoms with Gasteiger partial charge in [0, 0.05) is 19.2 Å². The largest absolute Gasteiger partial charge is 0.508 e. The van der Waals surface area contributed by atoms with E-state index < -0.39 is 0 Å². The summed E-state index contributed by atoms with van der Waals surface area (Å²) >= 11 is 0. The van der Waals surface area contributed by atoms with Crippen LogP contribution in [0, 0.1) is 0 Å². The van der Waals surface area contributed by atoms with E-state index in [4.69, 9.17) is 0 Å². The third-order valence-corrected chi connectivity index (χ3v) is 3.02. The van der Waals surface area contributed by atoms with Crippen molar-refractivity contribution >= 4 is 5.82 Å². The summed E-state index contributed by atoms with van der Waals surface area (Å²) in [5, 5.41) is 16.8. The number of aromatic nitrogens is 2. The van der Waals surface area contributed by atoms with E-state index in [9.17, 15) is 5.11 Å². The van der Waals surface area contributed by atoms with Crippen molar-refractivity contribution in [1.82, 2.24) is 9.78 Å². The molecule has 96 valence electrons. The second-order valence-corrected chi connectivity index (χ2v) is 4.59. The number of phenols is 1. The molecular weight excluding hydrogens is 226 g/mol. The zero-order valence-corrected chi connectivity index (χ0v) is 10.8. The number of hydrogen-bond donors (Lipinski definition) is 2. The second kappa shape index (κ2) is 5.58. The fraction of sp³-hybridized carbons (Fsp3) is 0.357. The molecule has 1 aromatic heterocycles. The highest BCUT2D eigenvalue weighted by molar-refractivity contribution is 5.34. The molecule has 0 aliphatic rings. The Morgan fingerprint density at radius 3 is 2.61 bits per heavy atom. The molecule has 4 heteroatoms. The number of hydrogen-bond acceptors (Lipinski definition) is 3. The Morgan fingerprint density at radius 2 is 2.00 bits per heavy atom. The lowest BCUT2D eigenvalue weighted by Gasteiger charge is -2.15. The number of aryl methyl sites for hydroxylation is 2. The first kappa shape index (κ1) is 12.5. The normalized spacial score (nSPS) is 12.3. The predicted octanol–water partition coefficient (Wildman–Crippen LogP) is 2.56. The van der Waals surface area contributed by atoms with E-state index in [2.05, 4.69) is 17.3 Å². The molecule has 0 saturated heterocycles. The van der Waals surface area contributed by atoms with Crippen LogP contribution in [0.2, 0.25) is 0 Å². The first-order valence-corrected chi connectivity index (χ1v) is 6.17. The van der Waals surface area contributed by atoms with Crippen LogP contribution in [0.4, 0.5) is 5.82 Å². The minimum absolute atomic E-state index is 0.319. The third kappa shape index (κ3) is 3.26. The second-order valence-electron chi connectivity index (χ2n) is 4.59. The van der Waals surface area contributed by atoms with Crippen LogP contribution in [0.25, 0.3) is 0 Å². The predicted molar refractivity (Wildman–Crippen MR) is 72.7 cm³/mol. The third-order valence-electron chi connectivity index (χ3n) is 3.02. The molecule has 0 unspecified atom stereocenters. The number of anilines is 1. The molecule has 0 amide bonds. The smallest absolute Gasteiger partial charge is 0.124 e. The van der Waals surface area contributed by atoms with E-state index in [0.717, 1.165) is 18.7 Å². The fourth-order valence-electron chi connectivity index (χ4n) is 1.89. The summed E-state index contributed by atoms with van der Waals surface area (Å²) < 4.78 is 1.83. The van der Waals surface area contributed by atoms with Gasteiger partial charge in [0.1, 0.15) is 11.6 Å². The maximum atomic E-state index is 9.21. The number of phenolic OH excluding ortho intramolecular Hbond substituents is 1. The molecule has 2 aromatic rings. The minimum atomic E-state index is 0.319. The minimum Gasteiger partial charge on any atom is -0.508 e.